The standard InChI is InChI=1S/C14H25N3/c1-4-12(2)14(15)11-17(3)10-7-13-5-8-16-9-6-13/h5-6,8-9,12,14H,4,7,10-11,15H2,1-3H3/t12-,14-/m1/s1. The molecule has 3 nitrogen and oxygen atoms in total. The van der Waals surface area contributed by atoms with E-state index in [4.69, 9.17) is 5.73 Å². The van der Waals surface area contributed by atoms with Crippen molar-refractivity contribution in [2.24, 2.45) is 11.7 Å². The molecule has 1 rings (SSSR count). The van der Waals surface area contributed by atoms with Crippen molar-refractivity contribution < 1.29 is 0 Å². The van der Waals surface area contributed by atoms with E-state index < -0.39 is 0 Å². The van der Waals surface area contributed by atoms with Gasteiger partial charge < -0.3 is 10.6 Å². The normalized spacial score (nSPS) is 14.9. The molecule has 96 valence electrons. The van der Waals surface area contributed by atoms with Crippen LogP contribution in [0.4, 0.5) is 0 Å². The van der Waals surface area contributed by atoms with Crippen LogP contribution in [0.15, 0.2) is 24.5 Å². The van der Waals surface area contributed by atoms with Crippen LogP contribution in [0.3, 0.4) is 0 Å². The third-order valence-corrected chi connectivity index (χ3v) is 3.43. The molecule has 17 heavy (non-hydrogen) atoms. The zero-order chi connectivity index (χ0) is 12.7. The molecule has 2 atom stereocenters. The Kier molecular flexibility index (Phi) is 6.16. The summed E-state index contributed by atoms with van der Waals surface area (Å²) in [5, 5.41) is 0. The zero-order valence-corrected chi connectivity index (χ0v) is 11.3. The number of pyridine rings is 1. The Bertz CT molecular complexity index is 300. The molecule has 1 aromatic rings. The molecular formula is C14H25N3. The molecule has 0 aliphatic rings. The number of likely N-dealkylation sites (N-methyl/N-ethyl adjacent to an activating group) is 1. The van der Waals surface area contributed by atoms with Crippen LogP contribution in [0.25, 0.3) is 0 Å². The molecule has 0 bridgehead atoms. The molecule has 0 radical (unpaired) electrons. The summed E-state index contributed by atoms with van der Waals surface area (Å²) in [6, 6.07) is 4.42. The van der Waals surface area contributed by atoms with Gasteiger partial charge in [-0.3, -0.25) is 4.98 Å². The van der Waals surface area contributed by atoms with Gasteiger partial charge in [-0.05, 0) is 37.1 Å². The predicted octanol–water partition coefficient (Wildman–Crippen LogP) is 1.93. The van der Waals surface area contributed by atoms with Crippen molar-refractivity contribution in [1.29, 1.82) is 0 Å². The van der Waals surface area contributed by atoms with Crippen molar-refractivity contribution in [2.75, 3.05) is 20.1 Å². The molecule has 1 heterocycles. The van der Waals surface area contributed by atoms with E-state index in [2.05, 4.69) is 42.9 Å². The van der Waals surface area contributed by atoms with Crippen molar-refractivity contribution in [3.8, 4) is 0 Å². The van der Waals surface area contributed by atoms with Gasteiger partial charge >= 0.3 is 0 Å². The molecule has 1 aromatic heterocycles. The third-order valence-electron chi connectivity index (χ3n) is 3.43. The molecule has 3 heteroatoms. The summed E-state index contributed by atoms with van der Waals surface area (Å²) in [6.07, 6.45) is 5.91. The average Bonchev–Trinajstić information content (AvgIpc) is 2.36. The highest BCUT2D eigenvalue weighted by Crippen LogP contribution is 2.07. The largest absolute Gasteiger partial charge is 0.326 e. The summed E-state index contributed by atoms with van der Waals surface area (Å²) < 4.78 is 0. The Balaban J connectivity index is 2.28. The molecule has 0 amide bonds. The number of nitrogens with zero attached hydrogens (tertiary/aromatic N) is 2. The first-order chi connectivity index (χ1) is 8.13. The van der Waals surface area contributed by atoms with E-state index in [0.717, 1.165) is 25.9 Å². The minimum absolute atomic E-state index is 0.280. The van der Waals surface area contributed by atoms with E-state index in [1.165, 1.54) is 5.56 Å². The van der Waals surface area contributed by atoms with Crippen molar-refractivity contribution in [2.45, 2.75) is 32.7 Å². The second-order valence-corrected chi connectivity index (χ2v) is 4.92. The van der Waals surface area contributed by atoms with Gasteiger partial charge in [-0.2, -0.15) is 0 Å². The average molecular weight is 235 g/mol. The maximum atomic E-state index is 6.15. The van der Waals surface area contributed by atoms with Crippen LogP contribution >= 0.6 is 0 Å². The fourth-order valence-electron chi connectivity index (χ4n) is 1.80. The van der Waals surface area contributed by atoms with Gasteiger partial charge in [-0.25, -0.2) is 0 Å². The molecule has 0 saturated carbocycles. The summed E-state index contributed by atoms with van der Waals surface area (Å²) in [4.78, 5) is 6.34. The van der Waals surface area contributed by atoms with E-state index in [-0.39, 0.29) is 6.04 Å². The molecule has 0 saturated heterocycles. The lowest BCUT2D eigenvalue weighted by Gasteiger charge is -2.25. The Morgan fingerprint density at radius 3 is 2.59 bits per heavy atom. The van der Waals surface area contributed by atoms with Gasteiger partial charge in [0.2, 0.25) is 0 Å². The summed E-state index contributed by atoms with van der Waals surface area (Å²) in [6.45, 7) is 6.44. The molecular weight excluding hydrogens is 210 g/mol. The molecule has 0 aliphatic heterocycles. The molecule has 0 aromatic carbocycles. The first-order valence-electron chi connectivity index (χ1n) is 6.46. The van der Waals surface area contributed by atoms with E-state index >= 15 is 0 Å². The summed E-state index contributed by atoms with van der Waals surface area (Å²) in [5.41, 5.74) is 7.48. The van der Waals surface area contributed by atoms with Gasteiger partial charge in [0.05, 0.1) is 0 Å². The van der Waals surface area contributed by atoms with Gasteiger partial charge in [0.1, 0.15) is 0 Å². The topological polar surface area (TPSA) is 42.1 Å². The lowest BCUT2D eigenvalue weighted by atomic mass is 10.00. The lowest BCUT2D eigenvalue weighted by Crippen LogP contribution is -2.40. The smallest absolute Gasteiger partial charge is 0.0270 e. The monoisotopic (exact) mass is 235 g/mol. The van der Waals surface area contributed by atoms with Crippen molar-refractivity contribution in [1.82, 2.24) is 9.88 Å². The van der Waals surface area contributed by atoms with E-state index in [1.807, 2.05) is 12.4 Å². The zero-order valence-electron chi connectivity index (χ0n) is 11.3. The Hall–Kier alpha value is -0.930. The molecule has 0 fully saturated rings. The lowest BCUT2D eigenvalue weighted by molar-refractivity contribution is 0.276. The second kappa shape index (κ2) is 7.41. The summed E-state index contributed by atoms with van der Waals surface area (Å²) in [7, 11) is 2.14. The third kappa shape index (κ3) is 5.29. The summed E-state index contributed by atoms with van der Waals surface area (Å²) >= 11 is 0. The van der Waals surface area contributed by atoms with Crippen LogP contribution < -0.4 is 5.73 Å². The van der Waals surface area contributed by atoms with Gasteiger partial charge in [0.25, 0.3) is 0 Å². The Morgan fingerprint density at radius 2 is 2.00 bits per heavy atom. The van der Waals surface area contributed by atoms with Crippen molar-refractivity contribution in [3.05, 3.63) is 30.1 Å². The molecule has 0 unspecified atom stereocenters. The minimum atomic E-state index is 0.280. The number of aromatic nitrogens is 1. The maximum Gasteiger partial charge on any atom is 0.0270 e. The van der Waals surface area contributed by atoms with E-state index in [0.29, 0.717) is 5.92 Å². The highest BCUT2D eigenvalue weighted by molar-refractivity contribution is 5.09. The fraction of sp³-hybridized carbons (Fsp3) is 0.643. The SMILES string of the molecule is CC[C@@H](C)[C@H](N)CN(C)CCc1ccncc1. The number of hydrogen-bond donors (Lipinski definition) is 1. The predicted molar refractivity (Wildman–Crippen MR) is 72.9 cm³/mol. The first-order valence-corrected chi connectivity index (χ1v) is 6.46. The molecule has 0 aliphatic carbocycles. The van der Waals surface area contributed by atoms with Crippen LogP contribution in [0.2, 0.25) is 0 Å². The quantitative estimate of drug-likeness (QED) is 0.785. The van der Waals surface area contributed by atoms with Crippen molar-refractivity contribution in [3.63, 3.8) is 0 Å². The summed E-state index contributed by atoms with van der Waals surface area (Å²) in [5.74, 6) is 0.596. The highest BCUT2D eigenvalue weighted by Gasteiger charge is 2.12. The Labute approximate surface area is 105 Å². The van der Waals surface area contributed by atoms with Crippen LogP contribution in [-0.4, -0.2) is 36.1 Å². The van der Waals surface area contributed by atoms with Crippen LogP contribution in [0.1, 0.15) is 25.8 Å². The van der Waals surface area contributed by atoms with E-state index in [1.54, 1.807) is 0 Å². The maximum absolute atomic E-state index is 6.15. The van der Waals surface area contributed by atoms with Crippen LogP contribution in [-0.2, 0) is 6.42 Å². The minimum Gasteiger partial charge on any atom is -0.326 e. The highest BCUT2D eigenvalue weighted by atomic mass is 15.1. The fourth-order valence-corrected chi connectivity index (χ4v) is 1.80. The van der Waals surface area contributed by atoms with Gasteiger partial charge in [0.15, 0.2) is 0 Å². The van der Waals surface area contributed by atoms with Gasteiger partial charge in [-0.1, -0.05) is 20.3 Å². The van der Waals surface area contributed by atoms with Crippen LogP contribution in [0.5, 0.6) is 0 Å². The van der Waals surface area contributed by atoms with Gasteiger partial charge in [-0.15, -0.1) is 0 Å². The molecule has 0 spiro atoms. The number of nitrogens with two attached hydrogens (primary N) is 1. The number of rotatable bonds is 7. The first kappa shape index (κ1) is 14.1. The second-order valence-electron chi connectivity index (χ2n) is 4.92. The van der Waals surface area contributed by atoms with Crippen molar-refractivity contribution >= 4 is 0 Å². The van der Waals surface area contributed by atoms with E-state index in [9.17, 15) is 0 Å². The Morgan fingerprint density at radius 1 is 1.35 bits per heavy atom. The molecule has 2 N–H and O–H groups in total. The number of hydrogen-bond acceptors (Lipinski definition) is 3. The van der Waals surface area contributed by atoms with Crippen LogP contribution in [0, 0.1) is 5.92 Å². The van der Waals surface area contributed by atoms with Gasteiger partial charge in [0, 0.05) is 31.5 Å².